The zero-order valence-corrected chi connectivity index (χ0v) is 9.98. The third kappa shape index (κ3) is 2.55. The van der Waals surface area contributed by atoms with Gasteiger partial charge in [0.15, 0.2) is 0 Å². The van der Waals surface area contributed by atoms with Crippen LogP contribution in [0.4, 0.5) is 0 Å². The van der Waals surface area contributed by atoms with Crippen molar-refractivity contribution in [3.05, 3.63) is 33.8 Å². The average molecular weight is 242 g/mol. The molecule has 1 rings (SSSR count). The van der Waals surface area contributed by atoms with Crippen LogP contribution in [0.3, 0.4) is 0 Å². The number of halogens is 1. The zero-order chi connectivity index (χ0) is 10.1. The fourth-order valence-electron chi connectivity index (χ4n) is 1.46. The molecule has 0 radical (unpaired) electrons. The molecule has 0 unspecified atom stereocenters. The smallest absolute Gasteiger partial charge is 0.0181 e. The molecular weight excluding hydrogens is 226 g/mol. The van der Waals surface area contributed by atoms with Gasteiger partial charge in [-0.15, -0.1) is 0 Å². The lowest BCUT2D eigenvalue weighted by atomic mass is 9.84. The Kier molecular flexibility index (Phi) is 3.14. The standard InChI is InChI=1S/C11H16BrN/c1-11(2,3)10-5-4-9(12)6-8(10)7-13/h4-6H,7,13H2,1-3H3. The molecule has 0 aliphatic heterocycles. The van der Waals surface area contributed by atoms with E-state index >= 15 is 0 Å². The normalized spacial score (nSPS) is 11.8. The topological polar surface area (TPSA) is 26.0 Å². The highest BCUT2D eigenvalue weighted by Gasteiger charge is 2.16. The van der Waals surface area contributed by atoms with E-state index in [1.54, 1.807) is 0 Å². The molecule has 2 heteroatoms. The van der Waals surface area contributed by atoms with Crippen LogP contribution in [0.2, 0.25) is 0 Å². The Labute approximate surface area is 88.5 Å². The van der Waals surface area contributed by atoms with Crippen molar-refractivity contribution in [1.82, 2.24) is 0 Å². The summed E-state index contributed by atoms with van der Waals surface area (Å²) in [4.78, 5) is 0. The Morgan fingerprint density at radius 1 is 1.31 bits per heavy atom. The summed E-state index contributed by atoms with van der Waals surface area (Å²) in [6, 6.07) is 6.31. The predicted molar refractivity (Wildman–Crippen MR) is 60.7 cm³/mol. The van der Waals surface area contributed by atoms with Gasteiger partial charge in [-0.05, 0) is 28.7 Å². The van der Waals surface area contributed by atoms with Crippen molar-refractivity contribution in [3.8, 4) is 0 Å². The molecule has 0 atom stereocenters. The van der Waals surface area contributed by atoms with Gasteiger partial charge < -0.3 is 5.73 Å². The lowest BCUT2D eigenvalue weighted by Gasteiger charge is -2.22. The van der Waals surface area contributed by atoms with E-state index in [-0.39, 0.29) is 5.41 Å². The Morgan fingerprint density at radius 3 is 2.38 bits per heavy atom. The van der Waals surface area contributed by atoms with E-state index < -0.39 is 0 Å². The molecule has 1 nitrogen and oxygen atoms in total. The first-order valence-corrected chi connectivity index (χ1v) is 5.23. The number of rotatable bonds is 1. The minimum Gasteiger partial charge on any atom is -0.326 e. The quantitative estimate of drug-likeness (QED) is 0.804. The molecular formula is C11H16BrN. The fraction of sp³-hybridized carbons (Fsp3) is 0.455. The lowest BCUT2D eigenvalue weighted by molar-refractivity contribution is 0.582. The highest BCUT2D eigenvalue weighted by Crippen LogP contribution is 2.27. The van der Waals surface area contributed by atoms with E-state index in [0.717, 1.165) is 4.47 Å². The van der Waals surface area contributed by atoms with Gasteiger partial charge in [-0.3, -0.25) is 0 Å². The molecule has 0 aliphatic carbocycles. The van der Waals surface area contributed by atoms with E-state index in [1.165, 1.54) is 11.1 Å². The molecule has 72 valence electrons. The van der Waals surface area contributed by atoms with Gasteiger partial charge >= 0.3 is 0 Å². The second-order valence-corrected chi connectivity index (χ2v) is 5.17. The van der Waals surface area contributed by atoms with Gasteiger partial charge in [-0.25, -0.2) is 0 Å². The highest BCUT2D eigenvalue weighted by atomic mass is 79.9. The van der Waals surface area contributed by atoms with E-state index in [9.17, 15) is 0 Å². The molecule has 0 fully saturated rings. The van der Waals surface area contributed by atoms with Gasteiger partial charge in [-0.1, -0.05) is 42.8 Å². The largest absolute Gasteiger partial charge is 0.326 e. The van der Waals surface area contributed by atoms with Gasteiger partial charge in [0.25, 0.3) is 0 Å². The Balaban J connectivity index is 3.22. The first-order chi connectivity index (χ1) is 5.95. The Bertz CT molecular complexity index is 299. The van der Waals surface area contributed by atoms with E-state index in [0.29, 0.717) is 6.54 Å². The fourth-order valence-corrected chi connectivity index (χ4v) is 1.87. The van der Waals surface area contributed by atoms with Crippen molar-refractivity contribution in [2.24, 2.45) is 5.73 Å². The van der Waals surface area contributed by atoms with Crippen LogP contribution in [0.5, 0.6) is 0 Å². The minimum absolute atomic E-state index is 0.176. The molecule has 0 amide bonds. The summed E-state index contributed by atoms with van der Waals surface area (Å²) in [5, 5.41) is 0. The highest BCUT2D eigenvalue weighted by molar-refractivity contribution is 9.10. The van der Waals surface area contributed by atoms with Crippen molar-refractivity contribution in [3.63, 3.8) is 0 Å². The molecule has 0 heterocycles. The average Bonchev–Trinajstić information content (AvgIpc) is 2.01. The predicted octanol–water partition coefficient (Wildman–Crippen LogP) is 3.21. The summed E-state index contributed by atoms with van der Waals surface area (Å²) in [6.07, 6.45) is 0. The van der Waals surface area contributed by atoms with Crippen LogP contribution in [-0.4, -0.2) is 0 Å². The number of nitrogens with two attached hydrogens (primary N) is 1. The third-order valence-electron chi connectivity index (χ3n) is 2.10. The third-order valence-corrected chi connectivity index (χ3v) is 2.59. The number of hydrogen-bond donors (Lipinski definition) is 1. The van der Waals surface area contributed by atoms with Gasteiger partial charge in [0.05, 0.1) is 0 Å². The van der Waals surface area contributed by atoms with E-state index in [2.05, 4.69) is 54.9 Å². The molecule has 1 aromatic carbocycles. The summed E-state index contributed by atoms with van der Waals surface area (Å²) in [5.41, 5.74) is 8.43. The SMILES string of the molecule is CC(C)(C)c1ccc(Br)cc1CN. The van der Waals surface area contributed by atoms with Gasteiger partial charge in [0.2, 0.25) is 0 Å². The molecule has 1 aromatic rings. The molecule has 0 aromatic heterocycles. The first kappa shape index (κ1) is 10.7. The van der Waals surface area contributed by atoms with Crippen molar-refractivity contribution < 1.29 is 0 Å². The number of benzene rings is 1. The first-order valence-electron chi connectivity index (χ1n) is 4.44. The molecule has 0 bridgehead atoms. The summed E-state index contributed by atoms with van der Waals surface area (Å²) >= 11 is 3.45. The maximum atomic E-state index is 5.70. The second-order valence-electron chi connectivity index (χ2n) is 4.26. The maximum absolute atomic E-state index is 5.70. The van der Waals surface area contributed by atoms with Crippen LogP contribution in [0.1, 0.15) is 31.9 Å². The van der Waals surface area contributed by atoms with E-state index in [1.807, 2.05) is 0 Å². The summed E-state index contributed by atoms with van der Waals surface area (Å²) in [7, 11) is 0. The monoisotopic (exact) mass is 241 g/mol. The van der Waals surface area contributed by atoms with Crippen LogP contribution < -0.4 is 5.73 Å². The molecule has 0 saturated heterocycles. The van der Waals surface area contributed by atoms with Crippen LogP contribution in [0, 0.1) is 0 Å². The molecule has 0 aliphatic rings. The van der Waals surface area contributed by atoms with Crippen LogP contribution in [-0.2, 0) is 12.0 Å². The molecule has 0 spiro atoms. The van der Waals surface area contributed by atoms with Gasteiger partial charge in [0.1, 0.15) is 0 Å². The Morgan fingerprint density at radius 2 is 1.92 bits per heavy atom. The van der Waals surface area contributed by atoms with Crippen molar-refractivity contribution >= 4 is 15.9 Å². The summed E-state index contributed by atoms with van der Waals surface area (Å²) < 4.78 is 1.10. The van der Waals surface area contributed by atoms with Crippen LogP contribution in [0.15, 0.2) is 22.7 Å². The maximum Gasteiger partial charge on any atom is 0.0181 e. The van der Waals surface area contributed by atoms with Crippen LogP contribution >= 0.6 is 15.9 Å². The van der Waals surface area contributed by atoms with Gasteiger partial charge in [-0.2, -0.15) is 0 Å². The van der Waals surface area contributed by atoms with Crippen LogP contribution in [0.25, 0.3) is 0 Å². The Hall–Kier alpha value is -0.340. The van der Waals surface area contributed by atoms with E-state index in [4.69, 9.17) is 5.73 Å². The summed E-state index contributed by atoms with van der Waals surface area (Å²) in [5.74, 6) is 0. The second kappa shape index (κ2) is 3.81. The number of hydrogen-bond acceptors (Lipinski definition) is 1. The van der Waals surface area contributed by atoms with Gasteiger partial charge in [0, 0.05) is 11.0 Å². The lowest BCUT2D eigenvalue weighted by Crippen LogP contribution is -2.15. The minimum atomic E-state index is 0.176. The molecule has 0 saturated carbocycles. The van der Waals surface area contributed by atoms with Crippen molar-refractivity contribution in [2.45, 2.75) is 32.7 Å². The summed E-state index contributed by atoms with van der Waals surface area (Å²) in [6.45, 7) is 7.21. The molecule has 13 heavy (non-hydrogen) atoms. The zero-order valence-electron chi connectivity index (χ0n) is 8.39. The van der Waals surface area contributed by atoms with Crippen molar-refractivity contribution in [2.75, 3.05) is 0 Å². The van der Waals surface area contributed by atoms with Crippen molar-refractivity contribution in [1.29, 1.82) is 0 Å². The molecule has 2 N–H and O–H groups in total.